The molecule has 0 aliphatic carbocycles. The minimum absolute atomic E-state index is 0.0415. The summed E-state index contributed by atoms with van der Waals surface area (Å²) in [4.78, 5) is 23.8. The molecule has 0 aliphatic heterocycles. The summed E-state index contributed by atoms with van der Waals surface area (Å²) >= 11 is 0. The molecule has 0 fully saturated rings. The van der Waals surface area contributed by atoms with E-state index in [1.165, 1.54) is 0 Å². The van der Waals surface area contributed by atoms with Crippen LogP contribution in [0.1, 0.15) is 38.2 Å². The smallest absolute Gasteiger partial charge is 0.407 e. The Bertz CT molecular complexity index is 757. The molecule has 1 rings (SSSR count). The second-order valence-corrected chi connectivity index (χ2v) is 9.37. The van der Waals surface area contributed by atoms with Gasteiger partial charge in [-0.05, 0) is 31.7 Å². The number of unbranched alkanes of at least 4 members (excludes halogenated alkanes) is 1. The van der Waals surface area contributed by atoms with E-state index in [4.69, 9.17) is 37.9 Å². The molecule has 0 heterocycles. The van der Waals surface area contributed by atoms with Crippen LogP contribution in [-0.2, 0) is 49.3 Å². The monoisotopic (exact) mass is 600 g/mol. The quantitative estimate of drug-likeness (QED) is 0.132. The molecular formula is C30H52N2O10. The van der Waals surface area contributed by atoms with E-state index in [0.717, 1.165) is 24.8 Å². The van der Waals surface area contributed by atoms with Gasteiger partial charge >= 0.3 is 6.09 Å². The average molecular weight is 601 g/mol. The van der Waals surface area contributed by atoms with Crippen molar-refractivity contribution in [1.82, 2.24) is 10.6 Å². The Morgan fingerprint density at radius 1 is 0.690 bits per heavy atom. The highest BCUT2D eigenvalue weighted by molar-refractivity contribution is 5.76. The number of alkyl carbamates (subject to hydrolysis) is 1. The first-order chi connectivity index (χ1) is 20.6. The van der Waals surface area contributed by atoms with Crippen molar-refractivity contribution >= 4 is 12.0 Å². The first-order valence-electron chi connectivity index (χ1n) is 14.8. The number of hydrogen-bond acceptors (Lipinski definition) is 10. The standard InChI is InChI=1S/C30H52N2O10/c1-27(8-6-7-12-31-30(34)42-26-28-9-4-3-5-10-28)32-29(33)11-13-36-16-17-38-20-21-40-24-25-41-23-22-39-19-18-37-15-14-35-2/h3-5,9-10,27H,6-8,11-26H2,1-2H3,(H,31,34)(H,32,33)/t27-/m0/s1. The van der Waals surface area contributed by atoms with Crippen LogP contribution in [0.15, 0.2) is 30.3 Å². The second kappa shape index (κ2) is 28.8. The van der Waals surface area contributed by atoms with E-state index in [9.17, 15) is 9.59 Å². The Balaban J connectivity index is 1.78. The van der Waals surface area contributed by atoms with Gasteiger partial charge in [-0.2, -0.15) is 0 Å². The number of ether oxygens (including phenoxy) is 8. The molecule has 242 valence electrons. The normalized spacial score (nSPS) is 11.8. The average Bonchev–Trinajstić information content (AvgIpc) is 2.99. The van der Waals surface area contributed by atoms with Gasteiger partial charge in [0.05, 0.1) is 85.9 Å². The number of rotatable bonds is 29. The molecule has 42 heavy (non-hydrogen) atoms. The number of nitrogens with one attached hydrogen (secondary N) is 2. The van der Waals surface area contributed by atoms with Gasteiger partial charge in [0.2, 0.25) is 5.91 Å². The van der Waals surface area contributed by atoms with Crippen LogP contribution >= 0.6 is 0 Å². The molecule has 0 unspecified atom stereocenters. The number of benzene rings is 1. The van der Waals surface area contributed by atoms with E-state index in [1.54, 1.807) is 7.11 Å². The molecule has 0 spiro atoms. The van der Waals surface area contributed by atoms with Crippen molar-refractivity contribution in [1.29, 1.82) is 0 Å². The molecule has 0 bridgehead atoms. The third-order valence-electron chi connectivity index (χ3n) is 5.72. The lowest BCUT2D eigenvalue weighted by Gasteiger charge is -2.14. The Morgan fingerprint density at radius 2 is 1.19 bits per heavy atom. The molecule has 1 atom stereocenters. The van der Waals surface area contributed by atoms with E-state index in [-0.39, 0.29) is 18.6 Å². The van der Waals surface area contributed by atoms with E-state index in [1.807, 2.05) is 37.3 Å². The van der Waals surface area contributed by atoms with Crippen molar-refractivity contribution in [3.63, 3.8) is 0 Å². The molecule has 0 saturated heterocycles. The van der Waals surface area contributed by atoms with Crippen LogP contribution in [0.2, 0.25) is 0 Å². The first-order valence-corrected chi connectivity index (χ1v) is 14.8. The molecule has 12 heteroatoms. The zero-order valence-corrected chi connectivity index (χ0v) is 25.5. The molecule has 0 saturated carbocycles. The summed E-state index contributed by atoms with van der Waals surface area (Å²) in [5.41, 5.74) is 0.949. The summed E-state index contributed by atoms with van der Waals surface area (Å²) in [7, 11) is 1.64. The highest BCUT2D eigenvalue weighted by Gasteiger charge is 2.08. The number of methoxy groups -OCH3 is 1. The van der Waals surface area contributed by atoms with E-state index in [0.29, 0.717) is 98.9 Å². The van der Waals surface area contributed by atoms with Crippen molar-refractivity contribution in [2.24, 2.45) is 0 Å². The number of carbonyl (C=O) groups is 2. The summed E-state index contributed by atoms with van der Waals surface area (Å²) < 4.78 is 42.6. The first kappa shape index (κ1) is 37.7. The topological polar surface area (TPSA) is 132 Å². The van der Waals surface area contributed by atoms with Gasteiger partial charge in [-0.3, -0.25) is 4.79 Å². The zero-order valence-electron chi connectivity index (χ0n) is 25.5. The SMILES string of the molecule is COCCOCCOCCOCCOCCOCCOCCC(=O)N[C@@H](C)CCCCNC(=O)OCc1ccccc1. The van der Waals surface area contributed by atoms with Crippen LogP contribution in [0.4, 0.5) is 4.79 Å². The molecule has 12 nitrogen and oxygen atoms in total. The van der Waals surface area contributed by atoms with Gasteiger partial charge in [0.25, 0.3) is 0 Å². The summed E-state index contributed by atoms with van der Waals surface area (Å²) in [6.45, 7) is 9.19. The Kier molecular flexibility index (Phi) is 25.8. The highest BCUT2D eigenvalue weighted by atomic mass is 16.6. The molecule has 2 N–H and O–H groups in total. The van der Waals surface area contributed by atoms with Gasteiger partial charge in [0.15, 0.2) is 0 Å². The van der Waals surface area contributed by atoms with Crippen molar-refractivity contribution in [2.45, 2.75) is 45.3 Å². The van der Waals surface area contributed by atoms with Crippen LogP contribution < -0.4 is 10.6 Å². The molecule has 1 aromatic rings. The van der Waals surface area contributed by atoms with Crippen LogP contribution in [0.3, 0.4) is 0 Å². The number of carbonyl (C=O) groups excluding carboxylic acids is 2. The van der Waals surface area contributed by atoms with Gasteiger partial charge in [-0.25, -0.2) is 4.79 Å². The molecule has 0 aliphatic rings. The van der Waals surface area contributed by atoms with Gasteiger partial charge in [-0.1, -0.05) is 30.3 Å². The lowest BCUT2D eigenvalue weighted by atomic mass is 10.1. The number of hydrogen-bond donors (Lipinski definition) is 2. The summed E-state index contributed by atoms with van der Waals surface area (Å²) in [5.74, 6) is -0.0415. The van der Waals surface area contributed by atoms with Crippen molar-refractivity contribution in [2.75, 3.05) is 99.5 Å². The van der Waals surface area contributed by atoms with Crippen LogP contribution in [-0.4, -0.2) is 118 Å². The van der Waals surface area contributed by atoms with E-state index < -0.39 is 6.09 Å². The summed E-state index contributed by atoms with van der Waals surface area (Å²) in [6.07, 6.45) is 2.40. The van der Waals surface area contributed by atoms with Crippen molar-refractivity contribution in [3.05, 3.63) is 35.9 Å². The van der Waals surface area contributed by atoms with Crippen LogP contribution in [0.25, 0.3) is 0 Å². The summed E-state index contributed by atoms with van der Waals surface area (Å²) in [5, 5.41) is 5.72. The maximum atomic E-state index is 12.1. The fourth-order valence-electron chi connectivity index (χ4n) is 3.47. The Hall–Kier alpha value is -2.32. The van der Waals surface area contributed by atoms with Gasteiger partial charge < -0.3 is 48.5 Å². The molecule has 1 aromatic carbocycles. The maximum absolute atomic E-state index is 12.1. The second-order valence-electron chi connectivity index (χ2n) is 9.37. The third kappa shape index (κ3) is 25.4. The minimum Gasteiger partial charge on any atom is -0.445 e. The number of amides is 2. The molecule has 2 amide bonds. The van der Waals surface area contributed by atoms with E-state index in [2.05, 4.69) is 10.6 Å². The minimum atomic E-state index is -0.422. The Morgan fingerprint density at radius 3 is 1.71 bits per heavy atom. The van der Waals surface area contributed by atoms with Gasteiger partial charge in [-0.15, -0.1) is 0 Å². The fraction of sp³-hybridized carbons (Fsp3) is 0.733. The molecular weight excluding hydrogens is 548 g/mol. The largest absolute Gasteiger partial charge is 0.445 e. The Labute approximate surface area is 251 Å². The van der Waals surface area contributed by atoms with Crippen LogP contribution in [0.5, 0.6) is 0 Å². The van der Waals surface area contributed by atoms with Gasteiger partial charge in [0.1, 0.15) is 6.61 Å². The zero-order chi connectivity index (χ0) is 30.4. The highest BCUT2D eigenvalue weighted by Crippen LogP contribution is 2.02. The van der Waals surface area contributed by atoms with Crippen molar-refractivity contribution < 1.29 is 47.5 Å². The van der Waals surface area contributed by atoms with Crippen molar-refractivity contribution in [3.8, 4) is 0 Å². The maximum Gasteiger partial charge on any atom is 0.407 e. The predicted molar refractivity (Wildman–Crippen MR) is 157 cm³/mol. The predicted octanol–water partition coefficient (Wildman–Crippen LogP) is 2.72. The van der Waals surface area contributed by atoms with E-state index >= 15 is 0 Å². The van der Waals surface area contributed by atoms with Crippen LogP contribution in [0, 0.1) is 0 Å². The molecule has 0 aromatic heterocycles. The molecule has 0 radical (unpaired) electrons. The lowest BCUT2D eigenvalue weighted by Crippen LogP contribution is -2.33. The van der Waals surface area contributed by atoms with Gasteiger partial charge in [0, 0.05) is 26.1 Å². The lowest BCUT2D eigenvalue weighted by molar-refractivity contribution is -0.123. The third-order valence-corrected chi connectivity index (χ3v) is 5.72. The summed E-state index contributed by atoms with van der Waals surface area (Å²) in [6, 6.07) is 9.60. The fourth-order valence-corrected chi connectivity index (χ4v) is 3.47.